The maximum Gasteiger partial charge on any atom is 0.278 e. The molecule has 0 spiro atoms. The summed E-state index contributed by atoms with van der Waals surface area (Å²) in [7, 11) is -0.211. The van der Waals surface area contributed by atoms with Crippen molar-refractivity contribution in [2.24, 2.45) is 0 Å². The van der Waals surface area contributed by atoms with Crippen molar-refractivity contribution in [2.75, 3.05) is 27.2 Å². The highest BCUT2D eigenvalue weighted by atomic mass is 35.5. The molecular weight excluding hydrogens is 226 g/mol. The molecule has 14 heavy (non-hydrogen) atoms. The summed E-state index contributed by atoms with van der Waals surface area (Å²) in [6.07, 6.45) is 2.45. The quantitative estimate of drug-likeness (QED) is 0.622. The number of hydrogen-bond donors (Lipinski definition) is 2. The first-order valence-electron chi connectivity index (χ1n) is 4.43. The smallest absolute Gasteiger partial charge is 0.278 e. The summed E-state index contributed by atoms with van der Waals surface area (Å²) in [6.45, 7) is 1.16. The standard InChI is InChI=1S/C7H17N3O2S.ClH/c1-10(2)13(11,12)9-6-5-8-7-3-4-7;/h7-9H,3-6H2,1-2H3;1H. The van der Waals surface area contributed by atoms with Crippen LogP contribution in [0.4, 0.5) is 0 Å². The molecule has 0 saturated heterocycles. The van der Waals surface area contributed by atoms with Gasteiger partial charge in [0.15, 0.2) is 0 Å². The lowest BCUT2D eigenvalue weighted by Gasteiger charge is -2.12. The molecule has 0 unspecified atom stereocenters. The van der Waals surface area contributed by atoms with E-state index in [9.17, 15) is 8.42 Å². The molecule has 0 aliphatic heterocycles. The zero-order valence-electron chi connectivity index (χ0n) is 8.49. The maximum atomic E-state index is 11.2. The third-order valence-corrected chi connectivity index (χ3v) is 3.43. The number of rotatable bonds is 6. The Hall–Kier alpha value is 0.120. The van der Waals surface area contributed by atoms with Crippen molar-refractivity contribution in [3.63, 3.8) is 0 Å². The molecule has 0 aromatic heterocycles. The van der Waals surface area contributed by atoms with Crippen LogP contribution in [0.5, 0.6) is 0 Å². The first-order valence-corrected chi connectivity index (χ1v) is 5.87. The first-order chi connectivity index (χ1) is 6.02. The van der Waals surface area contributed by atoms with Crippen LogP contribution in [0.3, 0.4) is 0 Å². The van der Waals surface area contributed by atoms with E-state index in [1.54, 1.807) is 0 Å². The van der Waals surface area contributed by atoms with E-state index in [-0.39, 0.29) is 12.4 Å². The molecule has 1 rings (SSSR count). The second kappa shape index (κ2) is 5.87. The molecule has 0 bridgehead atoms. The molecule has 5 nitrogen and oxygen atoms in total. The third kappa shape index (κ3) is 5.11. The Balaban J connectivity index is 0.00000169. The average Bonchev–Trinajstić information content (AvgIpc) is 2.81. The Labute approximate surface area is 91.8 Å². The van der Waals surface area contributed by atoms with Gasteiger partial charge in [-0.3, -0.25) is 0 Å². The summed E-state index contributed by atoms with van der Waals surface area (Å²) < 4.78 is 26.0. The van der Waals surface area contributed by atoms with Crippen LogP contribution in [-0.2, 0) is 10.2 Å². The van der Waals surface area contributed by atoms with Crippen LogP contribution in [0.15, 0.2) is 0 Å². The molecule has 7 heteroatoms. The predicted octanol–water partition coefficient (Wildman–Crippen LogP) is -0.444. The molecule has 0 atom stereocenters. The Bertz CT molecular complexity index is 252. The second-order valence-electron chi connectivity index (χ2n) is 3.41. The molecule has 0 aromatic carbocycles. The van der Waals surface area contributed by atoms with Crippen LogP contribution < -0.4 is 10.0 Å². The van der Waals surface area contributed by atoms with E-state index in [1.165, 1.54) is 31.2 Å². The van der Waals surface area contributed by atoms with Gasteiger partial charge in [0.2, 0.25) is 0 Å². The zero-order chi connectivity index (χ0) is 9.90. The van der Waals surface area contributed by atoms with Crippen LogP contribution >= 0.6 is 12.4 Å². The van der Waals surface area contributed by atoms with Crippen molar-refractivity contribution in [1.29, 1.82) is 0 Å². The van der Waals surface area contributed by atoms with Gasteiger partial charge < -0.3 is 5.32 Å². The van der Waals surface area contributed by atoms with Gasteiger partial charge in [-0.05, 0) is 12.8 Å². The molecular formula is C7H18ClN3O2S. The predicted molar refractivity (Wildman–Crippen MR) is 58.9 cm³/mol. The minimum atomic E-state index is -3.23. The van der Waals surface area contributed by atoms with Crippen molar-refractivity contribution in [1.82, 2.24) is 14.3 Å². The van der Waals surface area contributed by atoms with E-state index < -0.39 is 10.2 Å². The first kappa shape index (κ1) is 14.1. The molecule has 0 aromatic rings. The monoisotopic (exact) mass is 243 g/mol. The lowest BCUT2D eigenvalue weighted by molar-refractivity contribution is 0.503. The fourth-order valence-corrected chi connectivity index (χ4v) is 1.49. The fourth-order valence-electron chi connectivity index (χ4n) is 0.873. The van der Waals surface area contributed by atoms with Gasteiger partial charge in [-0.2, -0.15) is 12.7 Å². The minimum Gasteiger partial charge on any atom is -0.313 e. The summed E-state index contributed by atoms with van der Waals surface area (Å²) >= 11 is 0. The van der Waals surface area contributed by atoms with E-state index in [0.717, 1.165) is 0 Å². The Kier molecular flexibility index (Phi) is 5.92. The molecule has 0 amide bonds. The number of nitrogens with one attached hydrogen (secondary N) is 2. The number of hydrogen-bond acceptors (Lipinski definition) is 3. The fraction of sp³-hybridized carbons (Fsp3) is 1.00. The molecule has 1 aliphatic rings. The van der Waals surface area contributed by atoms with E-state index >= 15 is 0 Å². The summed E-state index contributed by atoms with van der Waals surface area (Å²) in [6, 6.07) is 0.629. The highest BCUT2D eigenvalue weighted by Crippen LogP contribution is 2.17. The van der Waals surface area contributed by atoms with E-state index in [4.69, 9.17) is 0 Å². The summed E-state index contributed by atoms with van der Waals surface area (Å²) in [4.78, 5) is 0. The van der Waals surface area contributed by atoms with Gasteiger partial charge in [0, 0.05) is 33.2 Å². The van der Waals surface area contributed by atoms with Crippen LogP contribution in [-0.4, -0.2) is 45.9 Å². The van der Waals surface area contributed by atoms with Crippen molar-refractivity contribution in [3.05, 3.63) is 0 Å². The van der Waals surface area contributed by atoms with E-state index in [1.807, 2.05) is 0 Å². The molecule has 0 heterocycles. The highest BCUT2D eigenvalue weighted by molar-refractivity contribution is 7.87. The van der Waals surface area contributed by atoms with Crippen molar-refractivity contribution >= 4 is 22.6 Å². The van der Waals surface area contributed by atoms with Gasteiger partial charge in [0.1, 0.15) is 0 Å². The lowest BCUT2D eigenvalue weighted by atomic mass is 10.6. The molecule has 1 fully saturated rings. The van der Waals surface area contributed by atoms with Gasteiger partial charge in [-0.25, -0.2) is 4.72 Å². The topological polar surface area (TPSA) is 61.4 Å². The van der Waals surface area contributed by atoms with Crippen molar-refractivity contribution in [2.45, 2.75) is 18.9 Å². The minimum absolute atomic E-state index is 0. The lowest BCUT2D eigenvalue weighted by Crippen LogP contribution is -2.39. The summed E-state index contributed by atoms with van der Waals surface area (Å²) in [5, 5.41) is 3.22. The number of halogens is 1. The molecule has 1 saturated carbocycles. The second-order valence-corrected chi connectivity index (χ2v) is 5.38. The average molecular weight is 244 g/mol. The maximum absolute atomic E-state index is 11.2. The van der Waals surface area contributed by atoms with Gasteiger partial charge in [0.05, 0.1) is 0 Å². The normalized spacial score (nSPS) is 16.8. The summed E-state index contributed by atoms with van der Waals surface area (Å²) in [5.74, 6) is 0. The zero-order valence-corrected chi connectivity index (χ0v) is 10.1. The molecule has 86 valence electrons. The number of nitrogens with zero attached hydrogens (tertiary/aromatic N) is 1. The van der Waals surface area contributed by atoms with Crippen molar-refractivity contribution in [3.8, 4) is 0 Å². The van der Waals surface area contributed by atoms with Crippen LogP contribution in [0, 0.1) is 0 Å². The van der Waals surface area contributed by atoms with Gasteiger partial charge in [0.25, 0.3) is 10.2 Å². The Morgan fingerprint density at radius 3 is 2.29 bits per heavy atom. The van der Waals surface area contributed by atoms with Crippen LogP contribution in [0.25, 0.3) is 0 Å². The molecule has 0 radical (unpaired) electrons. The summed E-state index contributed by atoms with van der Waals surface area (Å²) in [5.41, 5.74) is 0. The highest BCUT2D eigenvalue weighted by Gasteiger charge is 2.20. The molecule has 2 N–H and O–H groups in total. The van der Waals surface area contributed by atoms with Crippen LogP contribution in [0.1, 0.15) is 12.8 Å². The molecule has 1 aliphatic carbocycles. The van der Waals surface area contributed by atoms with Gasteiger partial charge >= 0.3 is 0 Å². The van der Waals surface area contributed by atoms with Crippen molar-refractivity contribution < 1.29 is 8.42 Å². The third-order valence-electron chi connectivity index (χ3n) is 1.90. The van der Waals surface area contributed by atoms with E-state index in [2.05, 4.69) is 10.0 Å². The van der Waals surface area contributed by atoms with Gasteiger partial charge in [-0.15, -0.1) is 12.4 Å². The Morgan fingerprint density at radius 2 is 1.86 bits per heavy atom. The van der Waals surface area contributed by atoms with E-state index in [0.29, 0.717) is 19.1 Å². The van der Waals surface area contributed by atoms with Gasteiger partial charge in [-0.1, -0.05) is 0 Å². The largest absolute Gasteiger partial charge is 0.313 e. The SMILES string of the molecule is CN(C)S(=O)(=O)NCCNC1CC1.Cl. The Morgan fingerprint density at radius 1 is 1.29 bits per heavy atom. The van der Waals surface area contributed by atoms with Crippen LogP contribution in [0.2, 0.25) is 0 Å².